The van der Waals surface area contributed by atoms with E-state index >= 15 is 0 Å². The molecular weight excluding hydrogens is 180 g/mol. The van der Waals surface area contributed by atoms with E-state index in [1.165, 1.54) is 10.6 Å². The summed E-state index contributed by atoms with van der Waals surface area (Å²) >= 11 is 0. The Morgan fingerprint density at radius 3 is 3.14 bits per heavy atom. The predicted octanol–water partition coefficient (Wildman–Crippen LogP) is 0.126. The molecule has 1 aromatic heterocycles. The van der Waals surface area contributed by atoms with Gasteiger partial charge in [-0.2, -0.15) is 0 Å². The van der Waals surface area contributed by atoms with Crippen molar-refractivity contribution in [1.82, 2.24) is 9.88 Å². The van der Waals surface area contributed by atoms with Crippen LogP contribution in [0.2, 0.25) is 0 Å². The fourth-order valence-electron chi connectivity index (χ4n) is 1.52. The number of aromatic nitrogens is 1. The van der Waals surface area contributed by atoms with Gasteiger partial charge in [-0.05, 0) is 19.0 Å². The van der Waals surface area contributed by atoms with Crippen molar-refractivity contribution in [1.29, 1.82) is 0 Å². The molecule has 0 amide bonds. The molecule has 0 saturated carbocycles. The van der Waals surface area contributed by atoms with Crippen LogP contribution in [0, 0.1) is 0 Å². The fourth-order valence-corrected chi connectivity index (χ4v) is 1.52. The second-order valence-corrected chi connectivity index (χ2v) is 3.54. The van der Waals surface area contributed by atoms with Crippen LogP contribution in [0.25, 0.3) is 0 Å². The molecule has 76 valence electrons. The average molecular weight is 194 g/mol. The number of pyridine rings is 1. The summed E-state index contributed by atoms with van der Waals surface area (Å²) in [6, 6.07) is 3.35. The summed E-state index contributed by atoms with van der Waals surface area (Å²) in [6.45, 7) is 1.87. The van der Waals surface area contributed by atoms with Crippen LogP contribution in [-0.4, -0.2) is 23.8 Å². The highest BCUT2D eigenvalue weighted by Gasteiger charge is 2.15. The zero-order valence-electron chi connectivity index (χ0n) is 8.19. The molecule has 0 aromatic carbocycles. The molecule has 0 radical (unpaired) electrons. The Bertz CT molecular complexity index is 367. The van der Waals surface area contributed by atoms with Crippen LogP contribution < -0.4 is 15.6 Å². The van der Waals surface area contributed by atoms with Crippen molar-refractivity contribution in [2.75, 3.05) is 13.1 Å². The van der Waals surface area contributed by atoms with Crippen molar-refractivity contribution in [2.45, 2.75) is 12.5 Å². The van der Waals surface area contributed by atoms with Crippen molar-refractivity contribution in [3.05, 3.63) is 28.7 Å². The lowest BCUT2D eigenvalue weighted by Gasteiger charge is -2.12. The minimum absolute atomic E-state index is 0.0338. The third-order valence-electron chi connectivity index (χ3n) is 2.39. The number of hydrogen-bond acceptors (Lipinski definition) is 3. The van der Waals surface area contributed by atoms with Crippen molar-refractivity contribution < 1.29 is 4.74 Å². The molecule has 1 unspecified atom stereocenters. The van der Waals surface area contributed by atoms with Gasteiger partial charge in [0.25, 0.3) is 5.56 Å². The molecule has 14 heavy (non-hydrogen) atoms. The van der Waals surface area contributed by atoms with E-state index in [0.717, 1.165) is 19.5 Å². The third-order valence-corrected chi connectivity index (χ3v) is 2.39. The van der Waals surface area contributed by atoms with Gasteiger partial charge in [0.15, 0.2) is 0 Å². The molecule has 1 fully saturated rings. The largest absolute Gasteiger partial charge is 0.489 e. The Balaban J connectivity index is 2.09. The quantitative estimate of drug-likeness (QED) is 0.727. The van der Waals surface area contributed by atoms with E-state index in [1.807, 2.05) is 6.07 Å². The van der Waals surface area contributed by atoms with Crippen molar-refractivity contribution in [3.8, 4) is 5.75 Å². The standard InChI is InChI=1S/C10H14N2O2/c1-12-5-3-8(6-10(12)13)14-9-2-4-11-7-9/h3,5-6,9,11H,2,4,7H2,1H3. The first-order chi connectivity index (χ1) is 6.75. The van der Waals surface area contributed by atoms with Crippen LogP contribution in [0.3, 0.4) is 0 Å². The summed E-state index contributed by atoms with van der Waals surface area (Å²) in [6.07, 6.45) is 2.94. The Labute approximate surface area is 82.5 Å². The molecular formula is C10H14N2O2. The fraction of sp³-hybridized carbons (Fsp3) is 0.500. The molecule has 1 saturated heterocycles. The van der Waals surface area contributed by atoms with Gasteiger partial charge in [-0.3, -0.25) is 4.79 Å². The molecule has 2 rings (SSSR count). The minimum Gasteiger partial charge on any atom is -0.489 e. The maximum absolute atomic E-state index is 11.3. The molecule has 1 atom stereocenters. The summed E-state index contributed by atoms with van der Waals surface area (Å²) in [7, 11) is 1.73. The summed E-state index contributed by atoms with van der Waals surface area (Å²) in [5.41, 5.74) is -0.0338. The van der Waals surface area contributed by atoms with Gasteiger partial charge < -0.3 is 14.6 Å². The Morgan fingerprint density at radius 1 is 1.64 bits per heavy atom. The second kappa shape index (κ2) is 3.84. The van der Waals surface area contributed by atoms with Crippen LogP contribution in [-0.2, 0) is 7.05 Å². The average Bonchev–Trinajstić information content (AvgIpc) is 2.64. The molecule has 0 spiro atoms. The van der Waals surface area contributed by atoms with Crippen molar-refractivity contribution in [3.63, 3.8) is 0 Å². The summed E-state index contributed by atoms with van der Waals surface area (Å²) in [5.74, 6) is 0.668. The monoisotopic (exact) mass is 194 g/mol. The zero-order chi connectivity index (χ0) is 9.97. The third kappa shape index (κ3) is 1.96. The highest BCUT2D eigenvalue weighted by Crippen LogP contribution is 2.11. The maximum Gasteiger partial charge on any atom is 0.253 e. The minimum atomic E-state index is -0.0338. The van der Waals surface area contributed by atoms with Gasteiger partial charge in [0.05, 0.1) is 0 Å². The highest BCUT2D eigenvalue weighted by atomic mass is 16.5. The summed E-state index contributed by atoms with van der Waals surface area (Å²) in [5, 5.41) is 3.21. The number of nitrogens with zero attached hydrogens (tertiary/aromatic N) is 1. The van der Waals surface area contributed by atoms with Gasteiger partial charge in [-0.25, -0.2) is 0 Å². The Morgan fingerprint density at radius 2 is 2.50 bits per heavy atom. The molecule has 1 aromatic rings. The number of aryl methyl sites for hydroxylation is 1. The summed E-state index contributed by atoms with van der Waals surface area (Å²) in [4.78, 5) is 11.3. The first kappa shape index (κ1) is 9.27. The first-order valence-corrected chi connectivity index (χ1v) is 4.80. The molecule has 1 aliphatic rings. The van der Waals surface area contributed by atoms with Crippen LogP contribution in [0.5, 0.6) is 5.75 Å². The van der Waals surface area contributed by atoms with Crippen LogP contribution in [0.1, 0.15) is 6.42 Å². The maximum atomic E-state index is 11.3. The normalized spacial score (nSPS) is 21.1. The molecule has 0 bridgehead atoms. The molecule has 4 nitrogen and oxygen atoms in total. The Hall–Kier alpha value is -1.29. The highest BCUT2D eigenvalue weighted by molar-refractivity contribution is 5.18. The van der Waals surface area contributed by atoms with E-state index in [1.54, 1.807) is 13.2 Å². The van der Waals surface area contributed by atoms with Gasteiger partial charge in [-0.1, -0.05) is 0 Å². The van der Waals surface area contributed by atoms with Crippen LogP contribution in [0.15, 0.2) is 23.1 Å². The van der Waals surface area contributed by atoms with Crippen LogP contribution in [0.4, 0.5) is 0 Å². The van der Waals surface area contributed by atoms with E-state index < -0.39 is 0 Å². The number of hydrogen-bond donors (Lipinski definition) is 1. The van der Waals surface area contributed by atoms with Gasteiger partial charge in [0, 0.05) is 25.9 Å². The van der Waals surface area contributed by atoms with Gasteiger partial charge in [0.2, 0.25) is 0 Å². The van der Waals surface area contributed by atoms with Gasteiger partial charge in [-0.15, -0.1) is 0 Å². The molecule has 1 N–H and O–H groups in total. The lowest BCUT2D eigenvalue weighted by atomic mass is 10.3. The predicted molar refractivity (Wildman–Crippen MR) is 53.6 cm³/mol. The van der Waals surface area contributed by atoms with E-state index in [-0.39, 0.29) is 11.7 Å². The lowest BCUT2D eigenvalue weighted by molar-refractivity contribution is 0.222. The SMILES string of the molecule is Cn1ccc(OC2CCNC2)cc1=O. The molecule has 4 heteroatoms. The number of rotatable bonds is 2. The van der Waals surface area contributed by atoms with E-state index in [9.17, 15) is 4.79 Å². The zero-order valence-corrected chi connectivity index (χ0v) is 8.19. The van der Waals surface area contributed by atoms with Gasteiger partial charge >= 0.3 is 0 Å². The van der Waals surface area contributed by atoms with Crippen LogP contribution >= 0.6 is 0 Å². The smallest absolute Gasteiger partial charge is 0.253 e. The summed E-state index contributed by atoms with van der Waals surface area (Å²) < 4.78 is 7.16. The van der Waals surface area contributed by atoms with Crippen molar-refractivity contribution >= 4 is 0 Å². The van der Waals surface area contributed by atoms with Gasteiger partial charge in [0.1, 0.15) is 11.9 Å². The lowest BCUT2D eigenvalue weighted by Crippen LogP contribution is -2.21. The molecule has 1 aliphatic heterocycles. The first-order valence-electron chi connectivity index (χ1n) is 4.80. The number of nitrogens with one attached hydrogen (secondary N) is 1. The second-order valence-electron chi connectivity index (χ2n) is 3.54. The van der Waals surface area contributed by atoms with E-state index in [4.69, 9.17) is 4.74 Å². The van der Waals surface area contributed by atoms with E-state index in [0.29, 0.717) is 5.75 Å². The topological polar surface area (TPSA) is 43.3 Å². The number of ether oxygens (including phenoxy) is 1. The Kier molecular flexibility index (Phi) is 2.54. The molecule has 2 heterocycles. The van der Waals surface area contributed by atoms with Crippen molar-refractivity contribution in [2.24, 2.45) is 7.05 Å². The molecule has 0 aliphatic carbocycles. The van der Waals surface area contributed by atoms with E-state index in [2.05, 4.69) is 5.32 Å².